The summed E-state index contributed by atoms with van der Waals surface area (Å²) in [6, 6.07) is 0. The van der Waals surface area contributed by atoms with Crippen molar-refractivity contribution in [2.45, 2.75) is 48.7 Å². The summed E-state index contributed by atoms with van der Waals surface area (Å²) < 4.78 is 89.8. The fraction of sp³-hybridized carbons (Fsp3) is 0.692. The van der Waals surface area contributed by atoms with Crippen LogP contribution in [0.15, 0.2) is 10.2 Å². The van der Waals surface area contributed by atoms with Gasteiger partial charge in [-0.3, -0.25) is 5.10 Å². The third kappa shape index (κ3) is 4.09. The molecule has 8 nitrogen and oxygen atoms in total. The fourth-order valence-corrected chi connectivity index (χ4v) is 5.67. The van der Waals surface area contributed by atoms with Gasteiger partial charge in [0.1, 0.15) is 5.69 Å². The lowest BCUT2D eigenvalue weighted by Gasteiger charge is -2.19. The molecule has 2 heterocycles. The quantitative estimate of drug-likeness (QED) is 0.687. The number of aromatic nitrogens is 2. The molecule has 2 atom stereocenters. The summed E-state index contributed by atoms with van der Waals surface area (Å²) in [5, 5.41) is 5.01. The van der Waals surface area contributed by atoms with Gasteiger partial charge in [-0.05, 0) is 13.3 Å². The molecular formula is C13H17ClF3N3O5S2. The summed E-state index contributed by atoms with van der Waals surface area (Å²) in [6.45, 7) is 2.81. The van der Waals surface area contributed by atoms with Crippen molar-refractivity contribution in [3.8, 4) is 0 Å². The van der Waals surface area contributed by atoms with Crippen LogP contribution in [0.2, 0.25) is 0 Å². The predicted molar refractivity (Wildman–Crippen MR) is 90.9 cm³/mol. The molecule has 0 saturated heterocycles. The first-order chi connectivity index (χ1) is 12.2. The number of hydrogen-bond acceptors (Lipinski definition) is 7. The van der Waals surface area contributed by atoms with Gasteiger partial charge in [0.05, 0.1) is 11.1 Å². The number of nitrogens with zero attached hydrogens (tertiary/aromatic N) is 2. The second kappa shape index (κ2) is 6.92. The van der Waals surface area contributed by atoms with E-state index in [1.165, 1.54) is 13.8 Å². The van der Waals surface area contributed by atoms with E-state index < -0.39 is 58.0 Å². The monoisotopic (exact) mass is 451 g/mol. The molecule has 0 aromatic carbocycles. The van der Waals surface area contributed by atoms with Crippen molar-refractivity contribution in [2.75, 3.05) is 12.1 Å². The van der Waals surface area contributed by atoms with Gasteiger partial charge in [-0.1, -0.05) is 12.1 Å². The molecule has 1 aliphatic heterocycles. The molecule has 14 heteroatoms. The summed E-state index contributed by atoms with van der Waals surface area (Å²) in [4.78, 5) is 5.01. The van der Waals surface area contributed by atoms with Gasteiger partial charge in [-0.2, -0.15) is 18.3 Å². The second-order valence-electron chi connectivity index (χ2n) is 6.37. The molecule has 154 valence electrons. The molecular weight excluding hydrogens is 435 g/mol. The minimum Gasteiger partial charge on any atom is -0.387 e. The van der Waals surface area contributed by atoms with Crippen molar-refractivity contribution in [3.05, 3.63) is 11.3 Å². The fourth-order valence-electron chi connectivity index (χ4n) is 2.64. The Morgan fingerprint density at radius 1 is 1.33 bits per heavy atom. The molecule has 1 aliphatic rings. The van der Waals surface area contributed by atoms with E-state index in [4.69, 9.17) is 16.4 Å². The Hall–Kier alpha value is -1.34. The molecule has 0 amide bonds. The van der Waals surface area contributed by atoms with Crippen molar-refractivity contribution >= 4 is 36.3 Å². The average Bonchev–Trinajstić information content (AvgIpc) is 3.12. The normalized spacial score (nSPS) is 22.4. The van der Waals surface area contributed by atoms with E-state index in [9.17, 15) is 30.0 Å². The van der Waals surface area contributed by atoms with E-state index in [-0.39, 0.29) is 18.7 Å². The Labute approximate surface area is 158 Å². The second-order valence-corrected chi connectivity index (χ2v) is 10.7. The zero-order valence-electron chi connectivity index (χ0n) is 14.5. The number of aromatic amines is 1. The minimum absolute atomic E-state index is 0.0968. The maximum Gasteiger partial charge on any atom is 0.433 e. The van der Waals surface area contributed by atoms with E-state index >= 15 is 0 Å². The largest absolute Gasteiger partial charge is 0.433 e. The third-order valence-corrected chi connectivity index (χ3v) is 7.75. The first-order valence-electron chi connectivity index (χ1n) is 7.58. The summed E-state index contributed by atoms with van der Waals surface area (Å²) in [7, 11) is -8.72. The molecule has 0 saturated carbocycles. The van der Waals surface area contributed by atoms with Gasteiger partial charge in [-0.15, -0.1) is 11.6 Å². The van der Waals surface area contributed by atoms with Crippen LogP contribution in [0.1, 0.15) is 43.2 Å². The number of nitrogens with one attached hydrogen (secondary N) is 1. The number of H-pyrrole nitrogens is 1. The smallest absolute Gasteiger partial charge is 0.387 e. The molecule has 0 bridgehead atoms. The minimum atomic E-state index is -5.03. The number of alkyl halides is 4. The Balaban J connectivity index is 2.66. The Bertz CT molecular complexity index is 972. The summed E-state index contributed by atoms with van der Waals surface area (Å²) in [5.74, 6) is -0.0968. The molecule has 0 radical (unpaired) electrons. The molecule has 1 aromatic rings. The zero-order chi connectivity index (χ0) is 20.8. The van der Waals surface area contributed by atoms with E-state index in [0.717, 1.165) is 0 Å². The summed E-state index contributed by atoms with van der Waals surface area (Å²) >= 11 is 5.71. The van der Waals surface area contributed by atoms with Crippen molar-refractivity contribution in [3.63, 3.8) is 0 Å². The first kappa shape index (κ1) is 22.0. The number of rotatable bonds is 5. The number of sulfone groups is 2. The lowest BCUT2D eigenvalue weighted by Crippen LogP contribution is -2.30. The van der Waals surface area contributed by atoms with Gasteiger partial charge in [0.25, 0.3) is 0 Å². The first-order valence-corrected chi connectivity index (χ1v) is 11.5. The highest BCUT2D eigenvalue weighted by Gasteiger charge is 2.48. The lowest BCUT2D eigenvalue weighted by atomic mass is 10.1. The summed E-state index contributed by atoms with van der Waals surface area (Å²) in [6.07, 6.45) is -4.98. The maximum atomic E-state index is 13.4. The van der Waals surface area contributed by atoms with Crippen LogP contribution in [0.25, 0.3) is 0 Å². The van der Waals surface area contributed by atoms with Crippen LogP contribution in [0.5, 0.6) is 0 Å². The van der Waals surface area contributed by atoms with E-state index in [1.54, 1.807) is 5.10 Å². The highest BCUT2D eigenvalue weighted by Crippen LogP contribution is 2.42. The van der Waals surface area contributed by atoms with Crippen LogP contribution in [-0.4, -0.2) is 49.8 Å². The van der Waals surface area contributed by atoms with Gasteiger partial charge >= 0.3 is 6.18 Å². The van der Waals surface area contributed by atoms with Crippen LogP contribution >= 0.6 is 11.6 Å². The third-order valence-electron chi connectivity index (χ3n) is 3.98. The van der Waals surface area contributed by atoms with Crippen molar-refractivity contribution in [1.29, 1.82) is 0 Å². The van der Waals surface area contributed by atoms with Crippen molar-refractivity contribution < 1.29 is 34.8 Å². The highest BCUT2D eigenvalue weighted by atomic mass is 35.5. The van der Waals surface area contributed by atoms with Gasteiger partial charge in [0.2, 0.25) is 9.84 Å². The van der Waals surface area contributed by atoms with Gasteiger partial charge < -0.3 is 4.84 Å². The standard InChI is InChI=1S/C13H17ClF3N3O5S2/c1-4-7(27(23,24)8-5-12(2,6-14)25-20-8)9-10(13(15,16)17)18-19-11(9)26(3,21)22/h7H,4-6H2,1-3H3,(H,18,19). The van der Waals surface area contributed by atoms with Gasteiger partial charge in [-0.25, -0.2) is 16.8 Å². The predicted octanol–water partition coefficient (Wildman–Crippen LogP) is 2.43. The highest BCUT2D eigenvalue weighted by molar-refractivity contribution is 8.06. The van der Waals surface area contributed by atoms with E-state index in [1.807, 2.05) is 0 Å². The zero-order valence-corrected chi connectivity index (χ0v) is 16.9. The van der Waals surface area contributed by atoms with Crippen molar-refractivity contribution in [2.24, 2.45) is 5.16 Å². The molecule has 0 aliphatic carbocycles. The van der Waals surface area contributed by atoms with Crippen LogP contribution < -0.4 is 0 Å². The molecule has 2 unspecified atom stereocenters. The molecule has 1 aromatic heterocycles. The Morgan fingerprint density at radius 2 is 1.93 bits per heavy atom. The van der Waals surface area contributed by atoms with Crippen LogP contribution in [0.4, 0.5) is 13.2 Å². The van der Waals surface area contributed by atoms with Crippen LogP contribution in [0, 0.1) is 0 Å². The van der Waals surface area contributed by atoms with E-state index in [0.29, 0.717) is 6.26 Å². The van der Waals surface area contributed by atoms with Crippen LogP contribution in [0.3, 0.4) is 0 Å². The van der Waals surface area contributed by atoms with Gasteiger partial charge in [0.15, 0.2) is 25.5 Å². The lowest BCUT2D eigenvalue weighted by molar-refractivity contribution is -0.141. The Kier molecular flexibility index (Phi) is 5.63. The molecule has 1 N–H and O–H groups in total. The number of oxime groups is 1. The molecule has 0 fully saturated rings. The molecule has 2 rings (SSSR count). The average molecular weight is 452 g/mol. The topological polar surface area (TPSA) is 119 Å². The Morgan fingerprint density at radius 3 is 2.33 bits per heavy atom. The van der Waals surface area contributed by atoms with Gasteiger partial charge in [0, 0.05) is 18.2 Å². The van der Waals surface area contributed by atoms with E-state index in [2.05, 4.69) is 10.3 Å². The summed E-state index contributed by atoms with van der Waals surface area (Å²) in [5.41, 5.74) is -3.60. The van der Waals surface area contributed by atoms with Crippen LogP contribution in [-0.2, 0) is 30.7 Å². The number of hydrogen-bond donors (Lipinski definition) is 1. The van der Waals surface area contributed by atoms with Crippen molar-refractivity contribution in [1.82, 2.24) is 10.2 Å². The SMILES string of the molecule is CCC(c1c(S(C)(=O)=O)n[nH]c1C(F)(F)F)S(=O)(=O)C1=NOC(C)(CCl)C1. The number of halogens is 4. The molecule has 27 heavy (non-hydrogen) atoms. The molecule has 0 spiro atoms. The maximum absolute atomic E-state index is 13.4.